The SMILES string of the molecule is CCC(N)=NCCCOCC1CC1. The van der Waals surface area contributed by atoms with E-state index in [1.807, 2.05) is 6.92 Å². The highest BCUT2D eigenvalue weighted by Gasteiger charge is 2.20. The molecule has 1 aliphatic carbocycles. The molecule has 0 amide bonds. The molecule has 13 heavy (non-hydrogen) atoms. The molecule has 1 saturated carbocycles. The van der Waals surface area contributed by atoms with E-state index in [1.54, 1.807) is 0 Å². The Morgan fingerprint density at radius 3 is 2.92 bits per heavy atom. The molecule has 0 aromatic rings. The van der Waals surface area contributed by atoms with E-state index in [-0.39, 0.29) is 0 Å². The van der Waals surface area contributed by atoms with Crippen LogP contribution in [0.25, 0.3) is 0 Å². The largest absolute Gasteiger partial charge is 0.387 e. The maximum atomic E-state index is 5.56. The van der Waals surface area contributed by atoms with E-state index in [1.165, 1.54) is 12.8 Å². The molecule has 1 aliphatic rings. The third-order valence-electron chi connectivity index (χ3n) is 2.17. The van der Waals surface area contributed by atoms with E-state index < -0.39 is 0 Å². The molecule has 2 N–H and O–H groups in total. The fourth-order valence-electron chi connectivity index (χ4n) is 1.04. The normalized spacial score (nSPS) is 17.8. The third kappa shape index (κ3) is 5.64. The van der Waals surface area contributed by atoms with E-state index in [9.17, 15) is 0 Å². The summed E-state index contributed by atoms with van der Waals surface area (Å²) in [5, 5.41) is 0. The summed E-state index contributed by atoms with van der Waals surface area (Å²) in [6, 6.07) is 0. The Morgan fingerprint density at radius 1 is 1.54 bits per heavy atom. The van der Waals surface area contributed by atoms with Gasteiger partial charge in [0.1, 0.15) is 0 Å². The highest BCUT2D eigenvalue weighted by atomic mass is 16.5. The van der Waals surface area contributed by atoms with Gasteiger partial charge in [-0.2, -0.15) is 0 Å². The van der Waals surface area contributed by atoms with Crippen LogP contribution in [0.2, 0.25) is 0 Å². The van der Waals surface area contributed by atoms with E-state index in [4.69, 9.17) is 10.5 Å². The van der Waals surface area contributed by atoms with Gasteiger partial charge in [0.25, 0.3) is 0 Å². The van der Waals surface area contributed by atoms with Crippen molar-refractivity contribution in [1.29, 1.82) is 0 Å². The van der Waals surface area contributed by atoms with Crippen LogP contribution in [-0.4, -0.2) is 25.6 Å². The number of nitrogens with two attached hydrogens (primary N) is 1. The second-order valence-electron chi connectivity index (χ2n) is 3.60. The molecule has 1 fully saturated rings. The number of aliphatic imine (C=N–C) groups is 1. The van der Waals surface area contributed by atoms with Gasteiger partial charge in [-0.15, -0.1) is 0 Å². The Morgan fingerprint density at radius 2 is 2.31 bits per heavy atom. The minimum atomic E-state index is 0.752. The predicted molar refractivity (Wildman–Crippen MR) is 54.9 cm³/mol. The van der Waals surface area contributed by atoms with Crippen LogP contribution in [0.5, 0.6) is 0 Å². The van der Waals surface area contributed by atoms with Crippen LogP contribution >= 0.6 is 0 Å². The summed E-state index contributed by atoms with van der Waals surface area (Å²) in [5.41, 5.74) is 5.56. The Balaban J connectivity index is 1.82. The molecule has 0 saturated heterocycles. The van der Waals surface area contributed by atoms with Crippen LogP contribution < -0.4 is 5.73 Å². The van der Waals surface area contributed by atoms with Gasteiger partial charge in [0.05, 0.1) is 5.84 Å². The maximum Gasteiger partial charge on any atom is 0.0934 e. The minimum Gasteiger partial charge on any atom is -0.387 e. The predicted octanol–water partition coefficient (Wildman–Crippen LogP) is 1.57. The highest BCUT2D eigenvalue weighted by Crippen LogP contribution is 2.28. The number of rotatable bonds is 7. The first-order chi connectivity index (χ1) is 6.33. The number of ether oxygens (including phenoxy) is 1. The molecular formula is C10H20N2O. The van der Waals surface area contributed by atoms with Crippen LogP contribution in [-0.2, 0) is 4.74 Å². The Bertz CT molecular complexity index is 164. The first-order valence-corrected chi connectivity index (χ1v) is 5.19. The molecule has 3 heteroatoms. The van der Waals surface area contributed by atoms with Crippen molar-refractivity contribution in [3.8, 4) is 0 Å². The average Bonchev–Trinajstić information content (AvgIpc) is 2.94. The summed E-state index contributed by atoms with van der Waals surface area (Å²) in [6.45, 7) is 4.61. The Hall–Kier alpha value is -0.570. The second kappa shape index (κ2) is 5.97. The zero-order chi connectivity index (χ0) is 9.52. The van der Waals surface area contributed by atoms with Gasteiger partial charge in [0.2, 0.25) is 0 Å². The lowest BCUT2D eigenvalue weighted by Crippen LogP contribution is -2.10. The molecule has 1 rings (SSSR count). The van der Waals surface area contributed by atoms with Crippen molar-refractivity contribution in [1.82, 2.24) is 0 Å². The molecular weight excluding hydrogens is 164 g/mol. The number of hydrogen-bond acceptors (Lipinski definition) is 2. The molecule has 0 aromatic heterocycles. The van der Waals surface area contributed by atoms with Crippen molar-refractivity contribution < 1.29 is 4.74 Å². The van der Waals surface area contributed by atoms with Gasteiger partial charge in [-0.05, 0) is 25.2 Å². The lowest BCUT2D eigenvalue weighted by molar-refractivity contribution is 0.123. The second-order valence-corrected chi connectivity index (χ2v) is 3.60. The van der Waals surface area contributed by atoms with Gasteiger partial charge < -0.3 is 10.5 Å². The smallest absolute Gasteiger partial charge is 0.0934 e. The van der Waals surface area contributed by atoms with Crippen LogP contribution in [0.15, 0.2) is 4.99 Å². The number of nitrogens with zero attached hydrogens (tertiary/aromatic N) is 1. The summed E-state index contributed by atoms with van der Waals surface area (Å²) in [4.78, 5) is 4.19. The zero-order valence-electron chi connectivity index (χ0n) is 8.46. The first kappa shape index (κ1) is 10.5. The van der Waals surface area contributed by atoms with Crippen molar-refractivity contribution in [2.24, 2.45) is 16.6 Å². The third-order valence-corrected chi connectivity index (χ3v) is 2.17. The summed E-state index contributed by atoms with van der Waals surface area (Å²) < 4.78 is 5.46. The Labute approximate surface area is 80.4 Å². The summed E-state index contributed by atoms with van der Waals surface area (Å²) >= 11 is 0. The van der Waals surface area contributed by atoms with Gasteiger partial charge in [-0.1, -0.05) is 6.92 Å². The van der Waals surface area contributed by atoms with E-state index >= 15 is 0 Å². The molecule has 76 valence electrons. The first-order valence-electron chi connectivity index (χ1n) is 5.19. The quantitative estimate of drug-likeness (QED) is 0.371. The van der Waals surface area contributed by atoms with Crippen LogP contribution in [0, 0.1) is 5.92 Å². The lowest BCUT2D eigenvalue weighted by atomic mass is 10.4. The molecule has 0 radical (unpaired) electrons. The van der Waals surface area contributed by atoms with Crippen LogP contribution in [0.1, 0.15) is 32.6 Å². The van der Waals surface area contributed by atoms with Gasteiger partial charge >= 0.3 is 0 Å². The molecule has 0 heterocycles. The molecule has 0 aliphatic heterocycles. The number of hydrogen-bond donors (Lipinski definition) is 1. The van der Waals surface area contributed by atoms with Gasteiger partial charge in [-0.25, -0.2) is 0 Å². The molecule has 0 atom stereocenters. The molecule has 0 aromatic carbocycles. The molecule has 0 bridgehead atoms. The summed E-state index contributed by atoms with van der Waals surface area (Å²) in [6.07, 6.45) is 4.57. The van der Waals surface area contributed by atoms with Crippen LogP contribution in [0.4, 0.5) is 0 Å². The lowest BCUT2D eigenvalue weighted by Gasteiger charge is -2.01. The van der Waals surface area contributed by atoms with Gasteiger partial charge in [0.15, 0.2) is 0 Å². The monoisotopic (exact) mass is 184 g/mol. The highest BCUT2D eigenvalue weighted by molar-refractivity contribution is 5.79. The summed E-state index contributed by atoms with van der Waals surface area (Å²) in [5.74, 6) is 1.62. The standard InChI is InChI=1S/C10H20N2O/c1-2-10(11)12-6-3-7-13-8-9-4-5-9/h9H,2-8H2,1H3,(H2,11,12). The van der Waals surface area contributed by atoms with Crippen molar-refractivity contribution in [2.75, 3.05) is 19.8 Å². The van der Waals surface area contributed by atoms with E-state index in [2.05, 4.69) is 4.99 Å². The summed E-state index contributed by atoms with van der Waals surface area (Å²) in [7, 11) is 0. The zero-order valence-corrected chi connectivity index (χ0v) is 8.46. The fraction of sp³-hybridized carbons (Fsp3) is 0.900. The maximum absolute atomic E-state index is 5.56. The topological polar surface area (TPSA) is 47.6 Å². The van der Waals surface area contributed by atoms with Gasteiger partial charge in [0, 0.05) is 26.2 Å². The minimum absolute atomic E-state index is 0.752. The molecule has 3 nitrogen and oxygen atoms in total. The van der Waals surface area contributed by atoms with E-state index in [0.717, 1.165) is 44.4 Å². The average molecular weight is 184 g/mol. The molecule has 0 unspecified atom stereocenters. The Kier molecular flexibility index (Phi) is 4.83. The van der Waals surface area contributed by atoms with Gasteiger partial charge in [-0.3, -0.25) is 4.99 Å². The van der Waals surface area contributed by atoms with Crippen molar-refractivity contribution in [3.63, 3.8) is 0 Å². The van der Waals surface area contributed by atoms with Crippen molar-refractivity contribution in [2.45, 2.75) is 32.6 Å². The molecule has 0 spiro atoms. The van der Waals surface area contributed by atoms with Crippen LogP contribution in [0.3, 0.4) is 0 Å². The number of amidine groups is 1. The fourth-order valence-corrected chi connectivity index (χ4v) is 1.04. The van der Waals surface area contributed by atoms with Crippen molar-refractivity contribution in [3.05, 3.63) is 0 Å². The van der Waals surface area contributed by atoms with Crippen molar-refractivity contribution >= 4 is 5.84 Å². The van der Waals surface area contributed by atoms with E-state index in [0.29, 0.717) is 0 Å².